The molecule has 38 heavy (non-hydrogen) atoms. The molecule has 198 valence electrons. The van der Waals surface area contributed by atoms with Crippen LogP contribution in [-0.2, 0) is 17.9 Å². The maximum Gasteiger partial charge on any atom is 0.254 e. The molecule has 0 aliphatic heterocycles. The summed E-state index contributed by atoms with van der Waals surface area (Å²) in [5, 5.41) is 16.0. The molecule has 0 saturated heterocycles. The van der Waals surface area contributed by atoms with Gasteiger partial charge in [0.1, 0.15) is 11.3 Å². The van der Waals surface area contributed by atoms with E-state index in [-0.39, 0.29) is 23.2 Å². The minimum atomic E-state index is -0.617. The Morgan fingerprint density at radius 3 is 2.61 bits per heavy atom. The lowest BCUT2D eigenvalue weighted by atomic mass is 10.2. The highest BCUT2D eigenvalue weighted by molar-refractivity contribution is 6.02. The number of hydrogen-bond donors (Lipinski definition) is 2. The van der Waals surface area contributed by atoms with Gasteiger partial charge in [0.2, 0.25) is 11.8 Å². The first-order chi connectivity index (χ1) is 18.5. The van der Waals surface area contributed by atoms with Gasteiger partial charge in [0.25, 0.3) is 5.91 Å². The quantitative estimate of drug-likeness (QED) is 0.290. The standard InChI is InChI=1S/C28H33N7O3/c29-14-5-2-6-15-34(19-21-10-13-25(31-18-21)38-23-8-3-1-4-9-23)16-7-17-35-20-24(26(30)36)27(33-35)32-28(37)22-11-12-22/h1,3-4,8-10,13,18,20,22H,2,5-7,11-12,15-17,19H2,(H2,30,36)(H,32,33,37). The summed E-state index contributed by atoms with van der Waals surface area (Å²) in [7, 11) is 0. The van der Waals surface area contributed by atoms with E-state index in [0.29, 0.717) is 25.4 Å². The number of ether oxygens (including phenoxy) is 1. The zero-order valence-corrected chi connectivity index (χ0v) is 21.4. The van der Waals surface area contributed by atoms with Crippen LogP contribution in [0, 0.1) is 17.2 Å². The van der Waals surface area contributed by atoms with Gasteiger partial charge in [0, 0.05) is 50.4 Å². The van der Waals surface area contributed by atoms with Crippen LogP contribution >= 0.6 is 0 Å². The van der Waals surface area contributed by atoms with E-state index in [9.17, 15) is 9.59 Å². The monoisotopic (exact) mass is 515 g/mol. The Kier molecular flexibility index (Phi) is 9.43. The summed E-state index contributed by atoms with van der Waals surface area (Å²) in [5.41, 5.74) is 6.78. The number of nitrogens with one attached hydrogen (secondary N) is 1. The number of hydrogen-bond acceptors (Lipinski definition) is 7. The molecule has 0 spiro atoms. The maximum atomic E-state index is 12.1. The van der Waals surface area contributed by atoms with Crippen LogP contribution < -0.4 is 15.8 Å². The van der Waals surface area contributed by atoms with Gasteiger partial charge in [-0.1, -0.05) is 24.3 Å². The molecule has 1 saturated carbocycles. The summed E-state index contributed by atoms with van der Waals surface area (Å²) in [6.07, 6.45) is 8.22. The zero-order valence-electron chi connectivity index (χ0n) is 21.4. The number of aromatic nitrogens is 3. The van der Waals surface area contributed by atoms with Crippen LogP contribution in [0.15, 0.2) is 54.9 Å². The molecule has 10 nitrogen and oxygen atoms in total. The molecule has 0 atom stereocenters. The second kappa shape index (κ2) is 13.4. The Morgan fingerprint density at radius 2 is 1.92 bits per heavy atom. The van der Waals surface area contributed by atoms with E-state index in [0.717, 1.165) is 56.5 Å². The van der Waals surface area contributed by atoms with Crippen molar-refractivity contribution in [1.82, 2.24) is 19.7 Å². The number of amides is 2. The molecule has 4 rings (SSSR count). The summed E-state index contributed by atoms with van der Waals surface area (Å²) in [5.74, 6) is 0.772. The molecule has 1 fully saturated rings. The van der Waals surface area contributed by atoms with Crippen molar-refractivity contribution in [1.29, 1.82) is 5.26 Å². The Morgan fingerprint density at radius 1 is 1.13 bits per heavy atom. The number of nitrogens with two attached hydrogens (primary N) is 1. The van der Waals surface area contributed by atoms with Crippen LogP contribution in [0.4, 0.5) is 5.82 Å². The molecule has 0 radical (unpaired) electrons. The number of unbranched alkanes of at least 4 members (excludes halogenated alkanes) is 2. The third-order valence-electron chi connectivity index (χ3n) is 6.26. The van der Waals surface area contributed by atoms with Gasteiger partial charge >= 0.3 is 0 Å². The van der Waals surface area contributed by atoms with E-state index in [2.05, 4.69) is 26.4 Å². The van der Waals surface area contributed by atoms with Crippen LogP contribution in [0.1, 0.15) is 54.4 Å². The lowest BCUT2D eigenvalue weighted by molar-refractivity contribution is -0.117. The molecule has 1 aromatic carbocycles. The van der Waals surface area contributed by atoms with Crippen LogP contribution in [0.3, 0.4) is 0 Å². The summed E-state index contributed by atoms with van der Waals surface area (Å²) in [6, 6.07) is 15.6. The first-order valence-corrected chi connectivity index (χ1v) is 13.0. The number of anilines is 1. The summed E-state index contributed by atoms with van der Waals surface area (Å²) >= 11 is 0. The normalized spacial score (nSPS) is 12.7. The average molecular weight is 516 g/mol. The molecule has 2 amide bonds. The van der Waals surface area contributed by atoms with Gasteiger partial charge < -0.3 is 15.8 Å². The van der Waals surface area contributed by atoms with Gasteiger partial charge in [-0.2, -0.15) is 10.4 Å². The second-order valence-electron chi connectivity index (χ2n) is 9.45. The van der Waals surface area contributed by atoms with Crippen molar-refractivity contribution >= 4 is 17.6 Å². The minimum Gasteiger partial charge on any atom is -0.439 e. The van der Waals surface area contributed by atoms with Gasteiger partial charge in [0.15, 0.2) is 5.82 Å². The first kappa shape index (κ1) is 26.8. The van der Waals surface area contributed by atoms with Gasteiger partial charge in [-0.05, 0) is 56.3 Å². The molecule has 0 unspecified atom stereocenters. The summed E-state index contributed by atoms with van der Waals surface area (Å²) < 4.78 is 7.45. The molecule has 1 aliphatic carbocycles. The summed E-state index contributed by atoms with van der Waals surface area (Å²) in [6.45, 7) is 2.90. The Hall–Kier alpha value is -4.23. The predicted octanol–water partition coefficient (Wildman–Crippen LogP) is 4.10. The third-order valence-corrected chi connectivity index (χ3v) is 6.26. The Bertz CT molecular complexity index is 1250. The number of carbonyl (C=O) groups excluding carboxylic acids is 2. The van der Waals surface area contributed by atoms with Crippen molar-refractivity contribution in [3.63, 3.8) is 0 Å². The van der Waals surface area contributed by atoms with Gasteiger partial charge in [0.05, 0.1) is 6.07 Å². The van der Waals surface area contributed by atoms with Gasteiger partial charge in [-0.25, -0.2) is 4.98 Å². The number of primary amides is 1. The Labute approximate surface area is 222 Å². The molecular formula is C28H33N7O3. The molecule has 2 aromatic heterocycles. The van der Waals surface area contributed by atoms with Gasteiger partial charge in [-0.3, -0.25) is 19.2 Å². The molecule has 3 aromatic rings. The fourth-order valence-corrected chi connectivity index (χ4v) is 4.07. The van der Waals surface area contributed by atoms with Crippen molar-refractivity contribution < 1.29 is 14.3 Å². The highest BCUT2D eigenvalue weighted by atomic mass is 16.5. The number of para-hydroxylation sites is 1. The molecule has 1 aliphatic rings. The van der Waals surface area contributed by atoms with Crippen molar-refractivity contribution in [2.24, 2.45) is 11.7 Å². The fraction of sp³-hybridized carbons (Fsp3) is 0.393. The topological polar surface area (TPSA) is 139 Å². The van der Waals surface area contributed by atoms with Crippen LogP contribution in [0.2, 0.25) is 0 Å². The molecule has 0 bridgehead atoms. The van der Waals surface area contributed by atoms with E-state index in [4.69, 9.17) is 15.7 Å². The summed E-state index contributed by atoms with van der Waals surface area (Å²) in [4.78, 5) is 30.8. The number of nitrogens with zero attached hydrogens (tertiary/aromatic N) is 5. The van der Waals surface area contributed by atoms with E-state index in [1.54, 1.807) is 10.9 Å². The van der Waals surface area contributed by atoms with Crippen LogP contribution in [0.25, 0.3) is 0 Å². The first-order valence-electron chi connectivity index (χ1n) is 13.0. The molecule has 3 N–H and O–H groups in total. The maximum absolute atomic E-state index is 12.1. The SMILES string of the molecule is N#CCCCCN(CCCn1cc(C(N)=O)c(NC(=O)C2CC2)n1)Cc1ccc(Oc2ccccc2)nc1. The predicted molar refractivity (Wildman–Crippen MR) is 142 cm³/mol. The van der Waals surface area contributed by atoms with Gasteiger partial charge in [-0.15, -0.1) is 0 Å². The largest absolute Gasteiger partial charge is 0.439 e. The minimum absolute atomic E-state index is 0.00363. The second-order valence-corrected chi connectivity index (χ2v) is 9.45. The van der Waals surface area contributed by atoms with Crippen molar-refractivity contribution in [3.8, 4) is 17.7 Å². The van der Waals surface area contributed by atoms with E-state index >= 15 is 0 Å². The molecular weight excluding hydrogens is 482 g/mol. The number of nitriles is 1. The van der Waals surface area contributed by atoms with E-state index in [1.165, 1.54) is 0 Å². The third kappa shape index (κ3) is 8.15. The van der Waals surface area contributed by atoms with Crippen LogP contribution in [-0.4, -0.2) is 44.6 Å². The van der Waals surface area contributed by atoms with Crippen LogP contribution in [0.5, 0.6) is 11.6 Å². The van der Waals surface area contributed by atoms with Crippen molar-refractivity contribution in [3.05, 3.63) is 66.0 Å². The molecule has 2 heterocycles. The van der Waals surface area contributed by atoms with E-state index < -0.39 is 5.91 Å². The lowest BCUT2D eigenvalue weighted by Gasteiger charge is -2.22. The highest BCUT2D eigenvalue weighted by Crippen LogP contribution is 2.30. The lowest BCUT2D eigenvalue weighted by Crippen LogP contribution is -2.26. The number of aryl methyl sites for hydroxylation is 1. The van der Waals surface area contributed by atoms with Crippen molar-refractivity contribution in [2.45, 2.75) is 51.6 Å². The molecule has 10 heteroatoms. The number of rotatable bonds is 15. The van der Waals surface area contributed by atoms with Crippen molar-refractivity contribution in [2.75, 3.05) is 18.4 Å². The van der Waals surface area contributed by atoms with E-state index in [1.807, 2.05) is 48.7 Å². The number of benzene rings is 1. The Balaban J connectivity index is 1.33. The fourth-order valence-electron chi connectivity index (χ4n) is 4.07. The highest BCUT2D eigenvalue weighted by Gasteiger charge is 2.31. The smallest absolute Gasteiger partial charge is 0.254 e. The zero-order chi connectivity index (χ0) is 26.7. The number of pyridine rings is 1. The number of carbonyl (C=O) groups is 2. The average Bonchev–Trinajstić information content (AvgIpc) is 3.69.